The number of para-hydroxylation sites is 1. The van der Waals surface area contributed by atoms with Gasteiger partial charge in [-0.2, -0.15) is 0 Å². The Morgan fingerprint density at radius 2 is 2.29 bits per heavy atom. The number of nitrogens with one attached hydrogen (secondary N) is 1. The van der Waals surface area contributed by atoms with E-state index in [4.69, 9.17) is 4.98 Å². The molecular formula is C16H21N3OS. The zero-order valence-electron chi connectivity index (χ0n) is 12.3. The van der Waals surface area contributed by atoms with Crippen molar-refractivity contribution in [2.45, 2.75) is 32.2 Å². The summed E-state index contributed by atoms with van der Waals surface area (Å²) in [6, 6.07) is 8.55. The Labute approximate surface area is 129 Å². The van der Waals surface area contributed by atoms with Gasteiger partial charge in [-0.1, -0.05) is 18.6 Å². The molecule has 0 spiro atoms. The average molecular weight is 303 g/mol. The smallest absolute Gasteiger partial charge is 0.234 e. The molecule has 1 atom stereocenters. The van der Waals surface area contributed by atoms with Crippen LogP contribution >= 0.6 is 11.3 Å². The average Bonchev–Trinajstić information content (AvgIpc) is 2.91. The second-order valence-electron chi connectivity index (χ2n) is 5.46. The number of hydrogen-bond acceptors (Lipinski definition) is 4. The molecule has 1 saturated heterocycles. The Morgan fingerprint density at radius 3 is 3.10 bits per heavy atom. The van der Waals surface area contributed by atoms with E-state index in [9.17, 15) is 4.79 Å². The third kappa shape index (κ3) is 3.24. The maximum absolute atomic E-state index is 11.9. The number of likely N-dealkylation sites (N-methyl/N-ethyl adjacent to an activating group) is 1. The Hall–Kier alpha value is -1.46. The number of aromatic nitrogens is 1. The third-order valence-corrected chi connectivity index (χ3v) is 5.07. The molecule has 2 heterocycles. The Balaban J connectivity index is 1.81. The lowest BCUT2D eigenvalue weighted by Gasteiger charge is -2.33. The summed E-state index contributed by atoms with van der Waals surface area (Å²) < 4.78 is 1.23. The topological polar surface area (TPSA) is 45.2 Å². The third-order valence-electron chi connectivity index (χ3n) is 3.93. The van der Waals surface area contributed by atoms with Crippen LogP contribution in [0.4, 0.5) is 0 Å². The lowest BCUT2D eigenvalue weighted by Crippen LogP contribution is -2.41. The van der Waals surface area contributed by atoms with Crippen LogP contribution in [0.25, 0.3) is 10.2 Å². The molecular weight excluding hydrogens is 282 g/mol. The number of thiazole rings is 1. The number of carbonyl (C=O) groups is 1. The van der Waals surface area contributed by atoms with Crippen molar-refractivity contribution in [3.8, 4) is 0 Å². The van der Waals surface area contributed by atoms with Gasteiger partial charge >= 0.3 is 0 Å². The van der Waals surface area contributed by atoms with E-state index >= 15 is 0 Å². The summed E-state index contributed by atoms with van der Waals surface area (Å²) in [6.45, 7) is 4.11. The number of benzene rings is 1. The van der Waals surface area contributed by atoms with Crippen molar-refractivity contribution in [2.24, 2.45) is 0 Å². The van der Waals surface area contributed by atoms with Crippen LogP contribution in [0.1, 0.15) is 37.2 Å². The standard InChI is InChI=1S/C16H21N3OS/c1-2-17-15(20)11-19-10-6-5-8-13(19)16-18-12-7-3-4-9-14(12)21-16/h3-4,7,9,13H,2,5-6,8,10-11H2,1H3,(H,17,20). The van der Waals surface area contributed by atoms with Crippen LogP contribution in [0.15, 0.2) is 24.3 Å². The minimum Gasteiger partial charge on any atom is -0.355 e. The Bertz CT molecular complexity index is 592. The van der Waals surface area contributed by atoms with Crippen molar-refractivity contribution in [3.63, 3.8) is 0 Å². The molecule has 0 bridgehead atoms. The summed E-state index contributed by atoms with van der Waals surface area (Å²) >= 11 is 1.76. The first-order valence-electron chi connectivity index (χ1n) is 7.64. The molecule has 3 rings (SSSR count). The summed E-state index contributed by atoms with van der Waals surface area (Å²) in [5, 5.41) is 4.05. The van der Waals surface area contributed by atoms with Crippen LogP contribution in [-0.2, 0) is 4.79 Å². The lowest BCUT2D eigenvalue weighted by molar-refractivity contribution is -0.123. The number of piperidine rings is 1. The van der Waals surface area contributed by atoms with E-state index in [0.717, 1.165) is 23.5 Å². The van der Waals surface area contributed by atoms with Crippen LogP contribution in [-0.4, -0.2) is 35.4 Å². The molecule has 1 N–H and O–H groups in total. The molecule has 4 nitrogen and oxygen atoms in total. The summed E-state index contributed by atoms with van der Waals surface area (Å²) in [4.78, 5) is 19.0. The van der Waals surface area contributed by atoms with Gasteiger partial charge in [0.15, 0.2) is 0 Å². The number of carbonyl (C=O) groups excluding carboxylic acids is 1. The van der Waals surface area contributed by atoms with Gasteiger partial charge < -0.3 is 5.32 Å². The number of nitrogens with zero attached hydrogens (tertiary/aromatic N) is 2. The van der Waals surface area contributed by atoms with E-state index in [1.54, 1.807) is 11.3 Å². The molecule has 2 aromatic rings. The first kappa shape index (κ1) is 14.5. The highest BCUT2D eigenvalue weighted by atomic mass is 32.1. The second kappa shape index (κ2) is 6.54. The highest BCUT2D eigenvalue weighted by Crippen LogP contribution is 2.35. The van der Waals surface area contributed by atoms with E-state index in [-0.39, 0.29) is 5.91 Å². The summed E-state index contributed by atoms with van der Waals surface area (Å²) in [7, 11) is 0. The maximum atomic E-state index is 11.9. The van der Waals surface area contributed by atoms with E-state index < -0.39 is 0 Å². The van der Waals surface area contributed by atoms with Gasteiger partial charge in [-0.3, -0.25) is 9.69 Å². The van der Waals surface area contributed by atoms with Crippen LogP contribution in [0.5, 0.6) is 0 Å². The number of fused-ring (bicyclic) bond motifs is 1. The zero-order valence-corrected chi connectivity index (χ0v) is 13.2. The molecule has 0 aliphatic carbocycles. The minimum absolute atomic E-state index is 0.116. The van der Waals surface area contributed by atoms with Gasteiger partial charge in [0.05, 0.1) is 22.8 Å². The fraction of sp³-hybridized carbons (Fsp3) is 0.500. The summed E-state index contributed by atoms with van der Waals surface area (Å²) in [5.41, 5.74) is 1.07. The highest BCUT2D eigenvalue weighted by Gasteiger charge is 2.27. The van der Waals surface area contributed by atoms with Gasteiger partial charge in [-0.05, 0) is 38.4 Å². The van der Waals surface area contributed by atoms with Crippen molar-refractivity contribution in [3.05, 3.63) is 29.3 Å². The number of rotatable bonds is 4. The molecule has 5 heteroatoms. The maximum Gasteiger partial charge on any atom is 0.234 e. The largest absolute Gasteiger partial charge is 0.355 e. The van der Waals surface area contributed by atoms with Crippen molar-refractivity contribution in [2.75, 3.05) is 19.6 Å². The molecule has 112 valence electrons. The highest BCUT2D eigenvalue weighted by molar-refractivity contribution is 7.18. The van der Waals surface area contributed by atoms with Crippen molar-refractivity contribution in [1.82, 2.24) is 15.2 Å². The normalized spacial score (nSPS) is 19.8. The van der Waals surface area contributed by atoms with Gasteiger partial charge in [-0.25, -0.2) is 4.98 Å². The number of hydrogen-bond donors (Lipinski definition) is 1. The van der Waals surface area contributed by atoms with E-state index in [2.05, 4.69) is 28.4 Å². The van der Waals surface area contributed by atoms with Crippen LogP contribution in [0.2, 0.25) is 0 Å². The molecule has 0 saturated carbocycles. The van der Waals surface area contributed by atoms with Crippen LogP contribution in [0.3, 0.4) is 0 Å². The Kier molecular flexibility index (Phi) is 4.51. The zero-order chi connectivity index (χ0) is 14.7. The molecule has 1 fully saturated rings. The minimum atomic E-state index is 0.116. The molecule has 1 aliphatic rings. The first-order valence-corrected chi connectivity index (χ1v) is 8.46. The fourth-order valence-corrected chi connectivity index (χ4v) is 4.07. The molecule has 1 amide bonds. The SMILES string of the molecule is CCNC(=O)CN1CCCCC1c1nc2ccccc2s1. The molecule has 1 aliphatic heterocycles. The molecule has 1 unspecified atom stereocenters. The first-order chi connectivity index (χ1) is 10.3. The van der Waals surface area contributed by atoms with Crippen LogP contribution in [0, 0.1) is 0 Å². The summed E-state index contributed by atoms with van der Waals surface area (Å²) in [5.74, 6) is 0.116. The van der Waals surface area contributed by atoms with Gasteiger partial charge in [0.25, 0.3) is 0 Å². The second-order valence-corrected chi connectivity index (χ2v) is 6.52. The summed E-state index contributed by atoms with van der Waals surface area (Å²) in [6.07, 6.45) is 3.48. The van der Waals surface area contributed by atoms with Gasteiger partial charge in [0.2, 0.25) is 5.91 Å². The van der Waals surface area contributed by atoms with E-state index in [1.165, 1.54) is 17.5 Å². The van der Waals surface area contributed by atoms with Gasteiger partial charge in [-0.15, -0.1) is 11.3 Å². The number of amides is 1. The van der Waals surface area contributed by atoms with E-state index in [1.807, 2.05) is 13.0 Å². The molecule has 0 radical (unpaired) electrons. The van der Waals surface area contributed by atoms with Gasteiger partial charge in [0.1, 0.15) is 5.01 Å². The van der Waals surface area contributed by atoms with E-state index in [0.29, 0.717) is 19.1 Å². The number of likely N-dealkylation sites (tertiary alicyclic amines) is 1. The quantitative estimate of drug-likeness (QED) is 0.944. The van der Waals surface area contributed by atoms with Crippen molar-refractivity contribution < 1.29 is 4.79 Å². The molecule has 1 aromatic carbocycles. The lowest BCUT2D eigenvalue weighted by atomic mass is 10.0. The monoisotopic (exact) mass is 303 g/mol. The Morgan fingerprint density at radius 1 is 1.43 bits per heavy atom. The van der Waals surface area contributed by atoms with Gasteiger partial charge in [0, 0.05) is 6.54 Å². The molecule has 21 heavy (non-hydrogen) atoms. The van der Waals surface area contributed by atoms with Crippen LogP contribution < -0.4 is 5.32 Å². The van der Waals surface area contributed by atoms with Crippen molar-refractivity contribution in [1.29, 1.82) is 0 Å². The van der Waals surface area contributed by atoms with Crippen molar-refractivity contribution >= 4 is 27.5 Å². The predicted molar refractivity (Wildman–Crippen MR) is 86.5 cm³/mol. The predicted octanol–water partition coefficient (Wildman–Crippen LogP) is 2.96. The molecule has 1 aromatic heterocycles. The fourth-order valence-electron chi connectivity index (χ4n) is 2.93.